The molecule has 1 aliphatic carbocycles. The van der Waals surface area contributed by atoms with Crippen LogP contribution >= 0.6 is 0 Å². The highest BCUT2D eigenvalue weighted by atomic mass is 16.5. The molecule has 10 aromatic rings. The first-order chi connectivity index (χ1) is 31.7. The molecule has 0 bridgehead atoms. The summed E-state index contributed by atoms with van der Waals surface area (Å²) in [5.74, 6) is 3.13. The number of rotatable bonds is 6. The van der Waals surface area contributed by atoms with Gasteiger partial charge < -0.3 is 4.74 Å². The summed E-state index contributed by atoms with van der Waals surface area (Å²) in [4.78, 5) is 15.5. The molecule has 0 fully saturated rings. The third-order valence-corrected chi connectivity index (χ3v) is 12.6. The summed E-state index contributed by atoms with van der Waals surface area (Å²) < 4.78 is 7.11. The van der Waals surface area contributed by atoms with E-state index in [2.05, 4.69) is 152 Å². The predicted octanol–water partition coefficient (Wildman–Crippen LogP) is 14.2. The summed E-state index contributed by atoms with van der Waals surface area (Å²) in [5.41, 5.74) is 15.4. The predicted molar refractivity (Wildman–Crippen MR) is 255 cm³/mol. The Labute approximate surface area is 371 Å². The van der Waals surface area contributed by atoms with Gasteiger partial charge in [-0.15, -0.1) is 0 Å². The lowest BCUT2D eigenvalue weighted by Crippen LogP contribution is -2.32. The molecule has 298 valence electrons. The number of nitrogens with zero attached hydrogens (tertiary/aromatic N) is 4. The average molecular weight is 817 g/mol. The zero-order chi connectivity index (χ0) is 42.6. The molecule has 1 aliphatic heterocycles. The summed E-state index contributed by atoms with van der Waals surface area (Å²) in [5, 5.41) is 10.3. The monoisotopic (exact) mass is 816 g/mol. The van der Waals surface area contributed by atoms with E-state index in [-0.39, 0.29) is 0 Å². The van der Waals surface area contributed by atoms with E-state index in [4.69, 9.17) is 19.7 Å². The zero-order valence-electron chi connectivity index (χ0n) is 34.5. The lowest BCUT2D eigenvalue weighted by Gasteiger charge is -2.40. The Balaban J connectivity index is 1.09. The fourth-order valence-electron chi connectivity index (χ4n) is 9.82. The van der Waals surface area contributed by atoms with Gasteiger partial charge in [0.15, 0.2) is 17.5 Å². The minimum absolute atomic E-state index is 0.518. The van der Waals surface area contributed by atoms with Gasteiger partial charge in [-0.2, -0.15) is 5.26 Å². The molecule has 0 radical (unpaired) electrons. The summed E-state index contributed by atoms with van der Waals surface area (Å²) >= 11 is 0. The summed E-state index contributed by atoms with van der Waals surface area (Å²) in [6.07, 6.45) is 0. The van der Waals surface area contributed by atoms with E-state index in [1.165, 1.54) is 0 Å². The molecule has 64 heavy (non-hydrogen) atoms. The first-order valence-electron chi connectivity index (χ1n) is 21.4. The molecule has 0 N–H and O–H groups in total. The van der Waals surface area contributed by atoms with Gasteiger partial charge in [0.25, 0.3) is 0 Å². The van der Waals surface area contributed by atoms with Gasteiger partial charge in [-0.1, -0.05) is 188 Å². The third kappa shape index (κ3) is 5.89. The van der Waals surface area contributed by atoms with Gasteiger partial charge in [-0.05, 0) is 86.0 Å². The standard InChI is InChI=1S/C59H36N4O/c60-37-38-34-44(40-18-6-2-7-19-40)36-45(35-38)46-23-14-27-51-54(46)47-22-10-11-25-49(47)59(51)50-26-12-13-29-53(50)64-55-48(24-15-28-52(55)59)58-62-56(42-20-8-3-9-21-42)61-57(63-58)43-32-30-41(31-33-43)39-16-4-1-5-17-39/h1-36H. The molecular formula is C59H36N4O. The van der Waals surface area contributed by atoms with Gasteiger partial charge >= 0.3 is 0 Å². The van der Waals surface area contributed by atoms with Crippen molar-refractivity contribution in [3.63, 3.8) is 0 Å². The largest absolute Gasteiger partial charge is 0.456 e. The molecule has 0 saturated heterocycles. The zero-order valence-corrected chi connectivity index (χ0v) is 34.5. The van der Waals surface area contributed by atoms with Crippen molar-refractivity contribution >= 4 is 0 Å². The number of hydrogen-bond donors (Lipinski definition) is 0. The molecule has 0 saturated carbocycles. The molecule has 1 atom stereocenters. The first-order valence-corrected chi connectivity index (χ1v) is 21.4. The number of para-hydroxylation sites is 2. The van der Waals surface area contributed by atoms with Crippen molar-refractivity contribution in [3.8, 4) is 96.2 Å². The number of ether oxygens (including phenoxy) is 1. The highest BCUT2D eigenvalue weighted by Gasteiger charge is 2.52. The Hall–Kier alpha value is -8.72. The van der Waals surface area contributed by atoms with Crippen molar-refractivity contribution in [1.82, 2.24) is 15.0 Å². The lowest BCUT2D eigenvalue weighted by molar-refractivity contribution is 0.437. The molecule has 9 aromatic carbocycles. The van der Waals surface area contributed by atoms with Gasteiger partial charge in [0.05, 0.1) is 22.6 Å². The Morgan fingerprint density at radius 2 is 0.844 bits per heavy atom. The quantitative estimate of drug-likeness (QED) is 0.167. The summed E-state index contributed by atoms with van der Waals surface area (Å²) in [6, 6.07) is 77.8. The van der Waals surface area contributed by atoms with E-state index in [0.717, 1.165) is 89.2 Å². The second-order valence-electron chi connectivity index (χ2n) is 16.2. The fourth-order valence-corrected chi connectivity index (χ4v) is 9.82. The Bertz CT molecular complexity index is 3470. The highest BCUT2D eigenvalue weighted by molar-refractivity contribution is 5.98. The maximum Gasteiger partial charge on any atom is 0.167 e. The van der Waals surface area contributed by atoms with Crippen molar-refractivity contribution < 1.29 is 4.74 Å². The lowest BCUT2D eigenvalue weighted by atomic mass is 9.65. The van der Waals surface area contributed by atoms with Crippen LogP contribution in [-0.2, 0) is 5.41 Å². The van der Waals surface area contributed by atoms with Gasteiger partial charge in [-0.25, -0.2) is 15.0 Å². The van der Waals surface area contributed by atoms with Crippen LogP contribution in [0, 0.1) is 11.3 Å². The van der Waals surface area contributed by atoms with Gasteiger partial charge in [0.1, 0.15) is 11.5 Å². The van der Waals surface area contributed by atoms with Crippen LogP contribution in [0.3, 0.4) is 0 Å². The summed E-state index contributed by atoms with van der Waals surface area (Å²) in [7, 11) is 0. The number of hydrogen-bond acceptors (Lipinski definition) is 5. The number of aromatic nitrogens is 3. The molecule has 0 amide bonds. The van der Waals surface area contributed by atoms with E-state index in [1.807, 2.05) is 72.8 Å². The fraction of sp³-hybridized carbons (Fsp3) is 0.0169. The van der Waals surface area contributed by atoms with E-state index in [0.29, 0.717) is 28.8 Å². The van der Waals surface area contributed by atoms with E-state index in [9.17, 15) is 5.26 Å². The van der Waals surface area contributed by atoms with Crippen molar-refractivity contribution in [2.45, 2.75) is 5.41 Å². The first kappa shape index (κ1) is 37.1. The van der Waals surface area contributed by atoms with E-state index in [1.54, 1.807) is 0 Å². The van der Waals surface area contributed by atoms with Crippen molar-refractivity contribution in [2.75, 3.05) is 0 Å². The Morgan fingerprint density at radius 3 is 1.55 bits per heavy atom. The molecule has 12 rings (SSSR count). The molecule has 1 spiro atoms. The van der Waals surface area contributed by atoms with Gasteiger partial charge in [0.2, 0.25) is 0 Å². The molecular weight excluding hydrogens is 781 g/mol. The number of fused-ring (bicyclic) bond motifs is 9. The van der Waals surface area contributed by atoms with Crippen LogP contribution in [0.2, 0.25) is 0 Å². The minimum Gasteiger partial charge on any atom is -0.456 e. The molecule has 2 aliphatic rings. The van der Waals surface area contributed by atoms with Crippen molar-refractivity contribution in [1.29, 1.82) is 5.26 Å². The summed E-state index contributed by atoms with van der Waals surface area (Å²) in [6.45, 7) is 0. The molecule has 1 aromatic heterocycles. The van der Waals surface area contributed by atoms with Crippen molar-refractivity contribution in [3.05, 3.63) is 246 Å². The van der Waals surface area contributed by atoms with Crippen LogP contribution in [-0.4, -0.2) is 15.0 Å². The van der Waals surface area contributed by atoms with E-state index < -0.39 is 5.41 Å². The number of benzene rings is 9. The topological polar surface area (TPSA) is 71.7 Å². The Kier molecular flexibility index (Phi) is 8.70. The average Bonchev–Trinajstić information content (AvgIpc) is 3.67. The normalized spacial score (nSPS) is 14.1. The van der Waals surface area contributed by atoms with Crippen LogP contribution < -0.4 is 4.74 Å². The van der Waals surface area contributed by atoms with E-state index >= 15 is 0 Å². The SMILES string of the molecule is N#Cc1cc(-c2ccccc2)cc(-c2cccc3c2-c2ccccc2C32c3ccccc3Oc3c(-c4nc(-c5ccccc5)nc(-c5ccc(-c6ccccc6)cc5)n4)cccc32)c1. The second-order valence-corrected chi connectivity index (χ2v) is 16.2. The molecule has 5 heteroatoms. The Morgan fingerprint density at radius 1 is 0.359 bits per heavy atom. The highest BCUT2D eigenvalue weighted by Crippen LogP contribution is 2.64. The molecule has 1 unspecified atom stereocenters. The van der Waals surface area contributed by atoms with Gasteiger partial charge in [-0.3, -0.25) is 0 Å². The number of nitriles is 1. The van der Waals surface area contributed by atoms with Gasteiger partial charge in [0, 0.05) is 22.3 Å². The second kappa shape index (κ2) is 15.0. The van der Waals surface area contributed by atoms with Crippen LogP contribution in [0.25, 0.3) is 78.7 Å². The smallest absolute Gasteiger partial charge is 0.167 e. The van der Waals surface area contributed by atoms with Crippen LogP contribution in [0.5, 0.6) is 11.5 Å². The van der Waals surface area contributed by atoms with Crippen LogP contribution in [0.1, 0.15) is 27.8 Å². The third-order valence-electron chi connectivity index (χ3n) is 12.6. The van der Waals surface area contributed by atoms with Crippen molar-refractivity contribution in [2.24, 2.45) is 0 Å². The molecule has 5 nitrogen and oxygen atoms in total. The van der Waals surface area contributed by atoms with Crippen LogP contribution in [0.4, 0.5) is 0 Å². The maximum atomic E-state index is 10.3. The van der Waals surface area contributed by atoms with Crippen LogP contribution in [0.15, 0.2) is 218 Å². The minimum atomic E-state index is -0.761. The molecule has 2 heterocycles. The maximum absolute atomic E-state index is 10.3.